The Balaban J connectivity index is 1.60. The zero-order valence-corrected chi connectivity index (χ0v) is 13.6. The first-order chi connectivity index (χ1) is 10.6. The first kappa shape index (κ1) is 16.8. The van der Waals surface area contributed by atoms with Gasteiger partial charge in [0.25, 0.3) is 0 Å². The molecule has 1 saturated carbocycles. The fourth-order valence-electron chi connectivity index (χ4n) is 2.67. The van der Waals surface area contributed by atoms with Crippen molar-refractivity contribution in [1.29, 1.82) is 0 Å². The van der Waals surface area contributed by atoms with E-state index in [2.05, 4.69) is 16.7 Å². The maximum absolute atomic E-state index is 11.8. The number of rotatable bonds is 8. The second-order valence-electron chi connectivity index (χ2n) is 5.51. The van der Waals surface area contributed by atoms with E-state index in [1.165, 1.54) is 4.88 Å². The summed E-state index contributed by atoms with van der Waals surface area (Å²) in [5, 5.41) is 16.7. The van der Waals surface area contributed by atoms with Gasteiger partial charge in [0.15, 0.2) is 0 Å². The van der Waals surface area contributed by atoms with Crippen molar-refractivity contribution in [3.8, 4) is 0 Å². The largest absolute Gasteiger partial charge is 0.480 e. The lowest BCUT2D eigenvalue weighted by atomic mass is 9.85. The Kier molecular flexibility index (Phi) is 6.21. The standard InChI is InChI=1S/C15H23N3O3S/c1-2-18(10-14(19)20)12-8-11(9-12)17-15(21)16-6-5-13-4-3-7-22-13/h3-4,7,11-12H,2,5-6,8-10H2,1H3,(H,19,20)(H2,16,17,21). The molecule has 0 spiro atoms. The summed E-state index contributed by atoms with van der Waals surface area (Å²) in [6.07, 6.45) is 2.49. The fraction of sp³-hybridized carbons (Fsp3) is 0.600. The van der Waals surface area contributed by atoms with Crippen LogP contribution in [0.4, 0.5) is 4.79 Å². The minimum absolute atomic E-state index is 0.0703. The molecule has 0 radical (unpaired) electrons. The molecule has 0 aromatic carbocycles. The normalized spacial score (nSPS) is 20.5. The van der Waals surface area contributed by atoms with E-state index in [9.17, 15) is 9.59 Å². The van der Waals surface area contributed by atoms with Crippen LogP contribution in [0.3, 0.4) is 0 Å². The van der Waals surface area contributed by atoms with E-state index in [4.69, 9.17) is 5.11 Å². The third-order valence-corrected chi connectivity index (χ3v) is 4.88. The van der Waals surface area contributed by atoms with Crippen LogP contribution in [0.2, 0.25) is 0 Å². The van der Waals surface area contributed by atoms with Gasteiger partial charge < -0.3 is 15.7 Å². The van der Waals surface area contributed by atoms with E-state index in [1.54, 1.807) is 11.3 Å². The van der Waals surface area contributed by atoms with Crippen LogP contribution in [0.15, 0.2) is 17.5 Å². The van der Waals surface area contributed by atoms with E-state index in [1.807, 2.05) is 23.3 Å². The van der Waals surface area contributed by atoms with Crippen molar-refractivity contribution in [2.45, 2.75) is 38.3 Å². The second kappa shape index (κ2) is 8.14. The molecule has 1 aromatic rings. The van der Waals surface area contributed by atoms with E-state index >= 15 is 0 Å². The highest BCUT2D eigenvalue weighted by Gasteiger charge is 2.34. The van der Waals surface area contributed by atoms with E-state index in [-0.39, 0.29) is 24.7 Å². The van der Waals surface area contributed by atoms with Crippen LogP contribution >= 0.6 is 11.3 Å². The molecule has 0 aliphatic heterocycles. The van der Waals surface area contributed by atoms with Crippen molar-refractivity contribution in [3.05, 3.63) is 22.4 Å². The fourth-order valence-corrected chi connectivity index (χ4v) is 3.38. The molecule has 22 heavy (non-hydrogen) atoms. The van der Waals surface area contributed by atoms with Gasteiger partial charge in [-0.15, -0.1) is 11.3 Å². The van der Waals surface area contributed by atoms with Gasteiger partial charge in [-0.2, -0.15) is 0 Å². The molecule has 2 amide bonds. The number of nitrogens with zero attached hydrogens (tertiary/aromatic N) is 1. The van der Waals surface area contributed by atoms with Gasteiger partial charge in [0.05, 0.1) is 6.54 Å². The van der Waals surface area contributed by atoms with Gasteiger partial charge in [-0.1, -0.05) is 13.0 Å². The highest BCUT2D eigenvalue weighted by Crippen LogP contribution is 2.25. The number of carboxylic acids is 1. The molecule has 1 fully saturated rings. The lowest BCUT2D eigenvalue weighted by molar-refractivity contribution is -0.139. The van der Waals surface area contributed by atoms with Crippen molar-refractivity contribution in [3.63, 3.8) is 0 Å². The average Bonchev–Trinajstić information content (AvgIpc) is 2.93. The Morgan fingerprint density at radius 2 is 2.23 bits per heavy atom. The van der Waals surface area contributed by atoms with Crippen LogP contribution < -0.4 is 10.6 Å². The Bertz CT molecular complexity index is 486. The average molecular weight is 325 g/mol. The maximum Gasteiger partial charge on any atom is 0.317 e. The van der Waals surface area contributed by atoms with Crippen molar-refractivity contribution in [2.24, 2.45) is 0 Å². The van der Waals surface area contributed by atoms with Gasteiger partial charge in [0.1, 0.15) is 0 Å². The summed E-state index contributed by atoms with van der Waals surface area (Å²) < 4.78 is 0. The number of carbonyl (C=O) groups is 2. The van der Waals surface area contributed by atoms with E-state index in [0.717, 1.165) is 25.8 Å². The second-order valence-corrected chi connectivity index (χ2v) is 6.54. The summed E-state index contributed by atoms with van der Waals surface area (Å²) in [5.41, 5.74) is 0. The first-order valence-corrected chi connectivity index (χ1v) is 8.49. The lowest BCUT2D eigenvalue weighted by Crippen LogP contribution is -2.56. The highest BCUT2D eigenvalue weighted by atomic mass is 32.1. The molecule has 0 bridgehead atoms. The molecule has 0 unspecified atom stereocenters. The van der Waals surface area contributed by atoms with Crippen LogP contribution in [0.25, 0.3) is 0 Å². The molecule has 1 aromatic heterocycles. The highest BCUT2D eigenvalue weighted by molar-refractivity contribution is 7.09. The quantitative estimate of drug-likeness (QED) is 0.677. The predicted molar refractivity (Wildman–Crippen MR) is 86.3 cm³/mol. The minimum atomic E-state index is -0.801. The molecule has 0 atom stereocenters. The molecule has 6 nitrogen and oxygen atoms in total. The van der Waals surface area contributed by atoms with E-state index < -0.39 is 5.97 Å². The van der Waals surface area contributed by atoms with Gasteiger partial charge in [0, 0.05) is 23.5 Å². The number of carboxylic acid groups (broad SMARTS) is 1. The number of urea groups is 1. The number of likely N-dealkylation sites (N-methyl/N-ethyl adjacent to an activating group) is 1. The van der Waals surface area contributed by atoms with Crippen molar-refractivity contribution < 1.29 is 14.7 Å². The summed E-state index contributed by atoms with van der Waals surface area (Å²) in [6, 6.07) is 4.33. The number of carbonyl (C=O) groups excluding carboxylic acids is 1. The Labute approximate surface area is 134 Å². The summed E-state index contributed by atoms with van der Waals surface area (Å²) in [7, 11) is 0. The lowest BCUT2D eigenvalue weighted by Gasteiger charge is -2.42. The summed E-state index contributed by atoms with van der Waals surface area (Å²) in [6.45, 7) is 3.38. The third kappa shape index (κ3) is 4.99. The van der Waals surface area contributed by atoms with Crippen molar-refractivity contribution in [1.82, 2.24) is 15.5 Å². The molecule has 1 aliphatic rings. The summed E-state index contributed by atoms with van der Waals surface area (Å²) >= 11 is 1.69. The molecular weight excluding hydrogens is 302 g/mol. The van der Waals surface area contributed by atoms with Crippen LogP contribution in [-0.2, 0) is 11.2 Å². The Morgan fingerprint density at radius 1 is 1.45 bits per heavy atom. The molecule has 7 heteroatoms. The van der Waals surface area contributed by atoms with Crippen LogP contribution in [0.5, 0.6) is 0 Å². The maximum atomic E-state index is 11.8. The van der Waals surface area contributed by atoms with Crippen LogP contribution in [-0.4, -0.2) is 53.7 Å². The number of thiophene rings is 1. The monoisotopic (exact) mass is 325 g/mol. The smallest absolute Gasteiger partial charge is 0.317 e. The molecule has 1 aliphatic carbocycles. The molecular formula is C15H23N3O3S. The third-order valence-electron chi connectivity index (χ3n) is 3.95. The molecule has 122 valence electrons. The number of nitrogens with one attached hydrogen (secondary N) is 2. The van der Waals surface area contributed by atoms with Gasteiger partial charge >= 0.3 is 12.0 Å². The summed E-state index contributed by atoms with van der Waals surface area (Å²) in [5.74, 6) is -0.801. The predicted octanol–water partition coefficient (Wildman–Crippen LogP) is 1.53. The number of aliphatic carboxylic acids is 1. The SMILES string of the molecule is CCN(CC(=O)O)C1CC(NC(=O)NCCc2cccs2)C1. The van der Waals surface area contributed by atoms with Gasteiger partial charge in [-0.3, -0.25) is 9.69 Å². The molecule has 1 heterocycles. The van der Waals surface area contributed by atoms with Crippen LogP contribution in [0, 0.1) is 0 Å². The summed E-state index contributed by atoms with van der Waals surface area (Å²) in [4.78, 5) is 25.7. The Hall–Kier alpha value is -1.60. The molecule has 3 N–H and O–H groups in total. The minimum Gasteiger partial charge on any atom is -0.480 e. The van der Waals surface area contributed by atoms with Gasteiger partial charge in [0.2, 0.25) is 0 Å². The van der Waals surface area contributed by atoms with Gasteiger partial charge in [-0.25, -0.2) is 4.79 Å². The topological polar surface area (TPSA) is 81.7 Å². The number of amides is 2. The Morgan fingerprint density at radius 3 is 2.82 bits per heavy atom. The van der Waals surface area contributed by atoms with E-state index in [0.29, 0.717) is 6.54 Å². The first-order valence-electron chi connectivity index (χ1n) is 7.61. The van der Waals surface area contributed by atoms with Crippen molar-refractivity contribution >= 4 is 23.3 Å². The number of hydrogen-bond acceptors (Lipinski definition) is 4. The van der Waals surface area contributed by atoms with Crippen molar-refractivity contribution in [2.75, 3.05) is 19.6 Å². The van der Waals surface area contributed by atoms with Crippen LogP contribution in [0.1, 0.15) is 24.6 Å². The number of hydrogen-bond donors (Lipinski definition) is 3. The zero-order valence-electron chi connectivity index (χ0n) is 12.7. The van der Waals surface area contributed by atoms with Gasteiger partial charge in [-0.05, 0) is 37.3 Å². The molecule has 0 saturated heterocycles. The molecule has 2 rings (SSSR count). The zero-order chi connectivity index (χ0) is 15.9.